The van der Waals surface area contributed by atoms with E-state index in [9.17, 15) is 9.90 Å². The van der Waals surface area contributed by atoms with E-state index in [0.717, 1.165) is 75.9 Å². The first kappa shape index (κ1) is 31.0. The van der Waals surface area contributed by atoms with Crippen molar-refractivity contribution in [2.75, 3.05) is 26.7 Å². The molecule has 238 valence electrons. The highest BCUT2D eigenvalue weighted by atomic mass is 16.5. The van der Waals surface area contributed by atoms with Gasteiger partial charge in [0.15, 0.2) is 11.5 Å². The minimum absolute atomic E-state index is 0.0174. The molecule has 2 aliphatic carbocycles. The number of ether oxygens (including phenoxy) is 2. The standard InChI is InChI=1S/C38H52N2O4/c1-5-21-39-22-20-38-29-18-19-30(37(38)44-36-33(43-4)24-32(41)28(35(36)38)23-31(29)39)40(25-26(2)3)34(42)17-13-8-6-7-10-14-27-15-11-9-12-16-27/h5,9,11-12,15-16,24,26,29-31,37,41H,1,6-8,10,13-14,17-23,25H2,2-4H3/t29-,30-,31+,37-,38-/m0/s1. The number of rotatable bonds is 14. The van der Waals surface area contributed by atoms with Crippen LogP contribution in [0.25, 0.3) is 0 Å². The van der Waals surface area contributed by atoms with Crippen LogP contribution in [0.3, 0.4) is 0 Å². The molecule has 2 aliphatic heterocycles. The molecule has 44 heavy (non-hydrogen) atoms. The number of aromatic hydroxyl groups is 1. The minimum atomic E-state index is -0.214. The molecule has 4 aliphatic rings. The van der Waals surface area contributed by atoms with Gasteiger partial charge in [0.1, 0.15) is 11.9 Å². The van der Waals surface area contributed by atoms with Crippen molar-refractivity contribution in [1.82, 2.24) is 9.80 Å². The molecule has 1 N–H and O–H groups in total. The molecule has 0 radical (unpaired) electrons. The van der Waals surface area contributed by atoms with Gasteiger partial charge in [-0.15, -0.1) is 6.58 Å². The Bertz CT molecular complexity index is 1330. The summed E-state index contributed by atoms with van der Waals surface area (Å²) in [7, 11) is 1.66. The molecule has 6 nitrogen and oxygen atoms in total. The first-order chi connectivity index (χ1) is 21.4. The molecule has 1 saturated carbocycles. The van der Waals surface area contributed by atoms with Crippen molar-refractivity contribution in [2.24, 2.45) is 11.8 Å². The van der Waals surface area contributed by atoms with Crippen LogP contribution in [0.5, 0.6) is 17.2 Å². The topological polar surface area (TPSA) is 62.2 Å². The Balaban J connectivity index is 1.19. The predicted molar refractivity (Wildman–Crippen MR) is 176 cm³/mol. The van der Waals surface area contributed by atoms with E-state index in [2.05, 4.69) is 60.6 Å². The summed E-state index contributed by atoms with van der Waals surface area (Å²) in [5.41, 5.74) is 3.39. The van der Waals surface area contributed by atoms with Crippen LogP contribution in [0.1, 0.15) is 88.3 Å². The van der Waals surface area contributed by atoms with Gasteiger partial charge in [-0.3, -0.25) is 9.69 Å². The highest BCUT2D eigenvalue weighted by molar-refractivity contribution is 5.77. The molecule has 5 atom stereocenters. The minimum Gasteiger partial charge on any atom is -0.508 e. The summed E-state index contributed by atoms with van der Waals surface area (Å²) in [5.74, 6) is 2.81. The second-order valence-corrected chi connectivity index (χ2v) is 14.1. The van der Waals surface area contributed by atoms with Gasteiger partial charge in [-0.25, -0.2) is 0 Å². The SMILES string of the molecule is C=CCN1CC[C@]23c4c5c(O)cc(OC)c4O[C@H]2[C@@H](N(CC(C)C)C(=O)CCCCCCCc2ccccc2)CC[C@H]3[C@H]1C5. The van der Waals surface area contributed by atoms with Crippen LogP contribution >= 0.6 is 0 Å². The summed E-state index contributed by atoms with van der Waals surface area (Å²) in [5, 5.41) is 11.2. The number of hydrogen-bond donors (Lipinski definition) is 1. The zero-order valence-electron chi connectivity index (χ0n) is 27.1. The fourth-order valence-electron chi connectivity index (χ4n) is 9.25. The first-order valence-electron chi connectivity index (χ1n) is 17.2. The number of aryl methyl sites for hydroxylation is 1. The Labute approximate surface area is 264 Å². The highest BCUT2D eigenvalue weighted by Gasteiger charge is 2.67. The Kier molecular flexibility index (Phi) is 9.28. The number of benzene rings is 2. The number of unbranched alkanes of at least 4 members (excludes halogenated alkanes) is 4. The first-order valence-corrected chi connectivity index (χ1v) is 17.2. The van der Waals surface area contributed by atoms with Crippen molar-refractivity contribution >= 4 is 5.91 Å². The van der Waals surface area contributed by atoms with E-state index in [1.807, 2.05) is 6.08 Å². The quantitative estimate of drug-likeness (QED) is 0.186. The summed E-state index contributed by atoms with van der Waals surface area (Å²) in [6.07, 6.45) is 13.0. The molecule has 6 heteroatoms. The molecule has 6 rings (SSSR count). The molecule has 2 heterocycles. The molecule has 0 aromatic heterocycles. The average Bonchev–Trinajstić information content (AvgIpc) is 3.36. The van der Waals surface area contributed by atoms with E-state index >= 15 is 0 Å². The van der Waals surface area contributed by atoms with Gasteiger partial charge in [-0.1, -0.05) is 69.5 Å². The van der Waals surface area contributed by atoms with Crippen molar-refractivity contribution in [2.45, 2.75) is 108 Å². The maximum atomic E-state index is 14.0. The van der Waals surface area contributed by atoms with E-state index in [0.29, 0.717) is 35.8 Å². The van der Waals surface area contributed by atoms with E-state index in [1.165, 1.54) is 30.4 Å². The molecule has 1 amide bonds. The Morgan fingerprint density at radius 1 is 1.18 bits per heavy atom. The van der Waals surface area contributed by atoms with Gasteiger partial charge in [0.2, 0.25) is 5.91 Å². The molecule has 2 aromatic carbocycles. The Hall–Kier alpha value is -2.99. The number of amides is 1. The molecule has 2 bridgehead atoms. The number of methoxy groups -OCH3 is 1. The summed E-state index contributed by atoms with van der Waals surface area (Å²) in [6, 6.07) is 12.8. The van der Waals surface area contributed by atoms with Crippen LogP contribution < -0.4 is 9.47 Å². The predicted octanol–water partition coefficient (Wildman–Crippen LogP) is 7.06. The van der Waals surface area contributed by atoms with E-state index in [1.54, 1.807) is 13.2 Å². The van der Waals surface area contributed by atoms with Crippen molar-refractivity contribution in [1.29, 1.82) is 0 Å². The highest BCUT2D eigenvalue weighted by Crippen LogP contribution is 2.65. The van der Waals surface area contributed by atoms with Crippen LogP contribution in [0.2, 0.25) is 0 Å². The fraction of sp³-hybridized carbons (Fsp3) is 0.605. The lowest BCUT2D eigenvalue weighted by molar-refractivity contribution is -0.143. The third-order valence-electron chi connectivity index (χ3n) is 11.1. The molecular weight excluding hydrogens is 548 g/mol. The lowest BCUT2D eigenvalue weighted by Crippen LogP contribution is -2.69. The lowest BCUT2D eigenvalue weighted by Gasteiger charge is -2.60. The number of nitrogens with zero attached hydrogens (tertiary/aromatic N) is 2. The maximum Gasteiger partial charge on any atom is 0.222 e. The number of phenols is 1. The zero-order valence-corrected chi connectivity index (χ0v) is 27.1. The average molecular weight is 601 g/mol. The van der Waals surface area contributed by atoms with Crippen LogP contribution in [-0.2, 0) is 23.1 Å². The van der Waals surface area contributed by atoms with Gasteiger partial charge in [0, 0.05) is 48.2 Å². The van der Waals surface area contributed by atoms with Gasteiger partial charge in [-0.05, 0) is 68.9 Å². The molecule has 2 fully saturated rings. The number of carbonyl (C=O) groups excluding carboxylic acids is 1. The molecule has 0 unspecified atom stereocenters. The summed E-state index contributed by atoms with van der Waals surface area (Å²) < 4.78 is 12.8. The molecule has 2 aromatic rings. The lowest BCUT2D eigenvalue weighted by atomic mass is 9.50. The number of piperidine rings is 1. The van der Waals surface area contributed by atoms with Gasteiger partial charge in [-0.2, -0.15) is 0 Å². The number of carbonyl (C=O) groups is 1. The molecule has 1 saturated heterocycles. The Morgan fingerprint density at radius 3 is 2.70 bits per heavy atom. The smallest absolute Gasteiger partial charge is 0.222 e. The van der Waals surface area contributed by atoms with Gasteiger partial charge < -0.3 is 19.5 Å². The largest absolute Gasteiger partial charge is 0.508 e. The molecule has 1 spiro atoms. The summed E-state index contributed by atoms with van der Waals surface area (Å²) in [6.45, 7) is 11.0. The van der Waals surface area contributed by atoms with Crippen LogP contribution in [0.4, 0.5) is 0 Å². The third kappa shape index (κ3) is 5.52. The van der Waals surface area contributed by atoms with Gasteiger partial charge in [0.25, 0.3) is 0 Å². The Morgan fingerprint density at radius 2 is 1.95 bits per heavy atom. The van der Waals surface area contributed by atoms with Crippen molar-refractivity contribution in [3.8, 4) is 17.2 Å². The van der Waals surface area contributed by atoms with Crippen molar-refractivity contribution < 1.29 is 19.4 Å². The van der Waals surface area contributed by atoms with Crippen LogP contribution in [0.15, 0.2) is 49.1 Å². The van der Waals surface area contributed by atoms with Gasteiger partial charge >= 0.3 is 0 Å². The second kappa shape index (κ2) is 13.2. The summed E-state index contributed by atoms with van der Waals surface area (Å²) >= 11 is 0. The van der Waals surface area contributed by atoms with Crippen LogP contribution in [0, 0.1) is 11.8 Å². The van der Waals surface area contributed by atoms with E-state index < -0.39 is 0 Å². The zero-order chi connectivity index (χ0) is 30.8. The number of hydrogen-bond acceptors (Lipinski definition) is 5. The third-order valence-corrected chi connectivity index (χ3v) is 11.1. The maximum absolute atomic E-state index is 14.0. The fourth-order valence-corrected chi connectivity index (χ4v) is 9.25. The number of likely N-dealkylation sites (tertiary alicyclic amines) is 1. The van der Waals surface area contributed by atoms with Crippen molar-refractivity contribution in [3.05, 3.63) is 65.7 Å². The van der Waals surface area contributed by atoms with Crippen molar-refractivity contribution in [3.63, 3.8) is 0 Å². The number of phenolic OH excluding ortho intramolecular Hbond substituents is 1. The normalized spacial score (nSPS) is 26.6. The molecular formula is C38H52N2O4. The van der Waals surface area contributed by atoms with Gasteiger partial charge in [0.05, 0.1) is 13.2 Å². The summed E-state index contributed by atoms with van der Waals surface area (Å²) in [4.78, 5) is 18.8. The van der Waals surface area contributed by atoms with Crippen LogP contribution in [-0.4, -0.2) is 65.7 Å². The van der Waals surface area contributed by atoms with E-state index in [4.69, 9.17) is 9.47 Å². The second-order valence-electron chi connectivity index (χ2n) is 14.1. The monoisotopic (exact) mass is 600 g/mol. The van der Waals surface area contributed by atoms with E-state index in [-0.39, 0.29) is 23.5 Å².